The van der Waals surface area contributed by atoms with Crippen molar-refractivity contribution < 1.29 is 19.0 Å². The molecule has 1 aliphatic heterocycles. The molecule has 18 heavy (non-hydrogen) atoms. The van der Waals surface area contributed by atoms with Gasteiger partial charge < -0.3 is 9.84 Å². The first-order valence-electron chi connectivity index (χ1n) is 5.87. The van der Waals surface area contributed by atoms with Gasteiger partial charge in [0.05, 0.1) is 11.7 Å². The number of methoxy groups -OCH3 is 1. The normalized spacial score (nSPS) is 20.2. The second kappa shape index (κ2) is 5.46. The first-order chi connectivity index (χ1) is 8.61. The highest BCUT2D eigenvalue weighted by molar-refractivity contribution is 5.88. The van der Waals surface area contributed by atoms with Crippen LogP contribution in [0.15, 0.2) is 18.2 Å². The Kier molecular flexibility index (Phi) is 3.93. The van der Waals surface area contributed by atoms with Gasteiger partial charge in [-0.3, -0.25) is 4.90 Å². The molecule has 1 aliphatic rings. The summed E-state index contributed by atoms with van der Waals surface area (Å²) in [5.74, 6) is -1.86. The molecule has 1 atom stereocenters. The number of aromatic carboxylic acids is 1. The van der Waals surface area contributed by atoms with Gasteiger partial charge in [-0.1, -0.05) is 12.1 Å². The highest BCUT2D eigenvalue weighted by atomic mass is 19.1. The molecule has 98 valence electrons. The van der Waals surface area contributed by atoms with E-state index in [-0.39, 0.29) is 11.7 Å². The molecule has 1 heterocycles. The maximum Gasteiger partial charge on any atom is 0.338 e. The maximum absolute atomic E-state index is 13.9. The number of rotatable bonds is 4. The molecule has 4 nitrogen and oxygen atoms in total. The van der Waals surface area contributed by atoms with E-state index in [1.165, 1.54) is 6.07 Å². The molecule has 1 fully saturated rings. The fraction of sp³-hybridized carbons (Fsp3) is 0.462. The van der Waals surface area contributed by atoms with Crippen LogP contribution in [0.25, 0.3) is 0 Å². The molecule has 0 aromatic heterocycles. The van der Waals surface area contributed by atoms with Gasteiger partial charge in [0.1, 0.15) is 5.82 Å². The topological polar surface area (TPSA) is 49.8 Å². The standard InChI is InChI=1S/C13H16FNO3/c1-18-10-5-6-15(8-10)7-9-3-2-4-11(12(9)14)13(16)17/h2-4,10H,5-8H2,1H3,(H,16,17). The van der Waals surface area contributed by atoms with Crippen molar-refractivity contribution >= 4 is 5.97 Å². The van der Waals surface area contributed by atoms with Gasteiger partial charge in [0.15, 0.2) is 0 Å². The molecule has 1 saturated heterocycles. The van der Waals surface area contributed by atoms with Crippen LogP contribution >= 0.6 is 0 Å². The van der Waals surface area contributed by atoms with Gasteiger partial charge >= 0.3 is 5.97 Å². The van der Waals surface area contributed by atoms with E-state index in [1.54, 1.807) is 19.2 Å². The molecular formula is C13H16FNO3. The lowest BCUT2D eigenvalue weighted by Gasteiger charge is -2.16. The van der Waals surface area contributed by atoms with E-state index in [9.17, 15) is 9.18 Å². The Labute approximate surface area is 105 Å². The quantitative estimate of drug-likeness (QED) is 0.888. The number of hydrogen-bond acceptors (Lipinski definition) is 3. The maximum atomic E-state index is 13.9. The second-order valence-electron chi connectivity index (χ2n) is 4.47. The van der Waals surface area contributed by atoms with Crippen molar-refractivity contribution in [2.24, 2.45) is 0 Å². The molecular weight excluding hydrogens is 237 g/mol. The molecule has 1 aromatic carbocycles. The van der Waals surface area contributed by atoms with Gasteiger partial charge in [0.2, 0.25) is 0 Å². The zero-order valence-electron chi connectivity index (χ0n) is 10.2. The van der Waals surface area contributed by atoms with Gasteiger partial charge in [0, 0.05) is 32.3 Å². The molecule has 0 saturated carbocycles. The van der Waals surface area contributed by atoms with Gasteiger partial charge in [-0.05, 0) is 12.5 Å². The van der Waals surface area contributed by atoms with Crippen LogP contribution in [-0.4, -0.2) is 42.3 Å². The molecule has 2 rings (SSSR count). The van der Waals surface area contributed by atoms with Crippen molar-refractivity contribution in [2.75, 3.05) is 20.2 Å². The predicted molar refractivity (Wildman–Crippen MR) is 64.1 cm³/mol. The monoisotopic (exact) mass is 253 g/mol. The number of halogens is 1. The molecule has 1 aromatic rings. The molecule has 5 heteroatoms. The van der Waals surface area contributed by atoms with E-state index in [4.69, 9.17) is 9.84 Å². The fourth-order valence-corrected chi connectivity index (χ4v) is 2.24. The van der Waals surface area contributed by atoms with Gasteiger partial charge in [-0.15, -0.1) is 0 Å². The summed E-state index contributed by atoms with van der Waals surface area (Å²) in [6.45, 7) is 2.02. The number of carboxylic acid groups (broad SMARTS) is 1. The van der Waals surface area contributed by atoms with Crippen LogP contribution in [0.3, 0.4) is 0 Å². The predicted octanol–water partition coefficient (Wildman–Crippen LogP) is 1.74. The molecule has 0 amide bonds. The van der Waals surface area contributed by atoms with E-state index in [0.717, 1.165) is 19.5 Å². The molecule has 0 aliphatic carbocycles. The highest BCUT2D eigenvalue weighted by Crippen LogP contribution is 2.19. The third kappa shape index (κ3) is 2.68. The third-order valence-electron chi connectivity index (χ3n) is 3.27. The van der Waals surface area contributed by atoms with E-state index in [0.29, 0.717) is 12.1 Å². The van der Waals surface area contributed by atoms with Crippen molar-refractivity contribution in [3.8, 4) is 0 Å². The van der Waals surface area contributed by atoms with E-state index < -0.39 is 11.8 Å². The first-order valence-corrected chi connectivity index (χ1v) is 5.87. The van der Waals surface area contributed by atoms with Crippen molar-refractivity contribution in [3.05, 3.63) is 35.1 Å². The van der Waals surface area contributed by atoms with Crippen LogP contribution in [0.4, 0.5) is 4.39 Å². The van der Waals surface area contributed by atoms with Crippen molar-refractivity contribution in [3.63, 3.8) is 0 Å². The van der Waals surface area contributed by atoms with Crippen molar-refractivity contribution in [1.82, 2.24) is 4.90 Å². The minimum Gasteiger partial charge on any atom is -0.478 e. The Morgan fingerprint density at radius 1 is 1.61 bits per heavy atom. The van der Waals surface area contributed by atoms with E-state index in [1.807, 2.05) is 0 Å². The highest BCUT2D eigenvalue weighted by Gasteiger charge is 2.23. The number of carbonyl (C=O) groups is 1. The average molecular weight is 253 g/mol. The molecule has 0 radical (unpaired) electrons. The van der Waals surface area contributed by atoms with Crippen LogP contribution < -0.4 is 0 Å². The van der Waals surface area contributed by atoms with Gasteiger partial charge in [-0.2, -0.15) is 0 Å². The molecule has 1 N–H and O–H groups in total. The Morgan fingerprint density at radius 2 is 2.39 bits per heavy atom. The van der Waals surface area contributed by atoms with Crippen LogP contribution in [-0.2, 0) is 11.3 Å². The summed E-state index contributed by atoms with van der Waals surface area (Å²) in [6, 6.07) is 4.48. The number of ether oxygens (including phenoxy) is 1. The summed E-state index contributed by atoms with van der Waals surface area (Å²) in [7, 11) is 1.67. The largest absolute Gasteiger partial charge is 0.478 e. The van der Waals surface area contributed by atoms with Gasteiger partial charge in [0.25, 0.3) is 0 Å². The van der Waals surface area contributed by atoms with E-state index >= 15 is 0 Å². The van der Waals surface area contributed by atoms with Crippen molar-refractivity contribution in [1.29, 1.82) is 0 Å². The summed E-state index contributed by atoms with van der Waals surface area (Å²) >= 11 is 0. The molecule has 0 spiro atoms. The Hall–Kier alpha value is -1.46. The first kappa shape index (κ1) is 13.0. The SMILES string of the molecule is COC1CCN(Cc2cccc(C(=O)O)c2F)C1. The minimum absolute atomic E-state index is 0.190. The van der Waals surface area contributed by atoms with Crippen LogP contribution in [0.2, 0.25) is 0 Å². The van der Waals surface area contributed by atoms with Crippen LogP contribution in [0.1, 0.15) is 22.3 Å². The smallest absolute Gasteiger partial charge is 0.338 e. The summed E-state index contributed by atoms with van der Waals surface area (Å²) in [5, 5.41) is 8.86. The lowest BCUT2D eigenvalue weighted by molar-refractivity contribution is 0.0691. The second-order valence-corrected chi connectivity index (χ2v) is 4.47. The zero-order chi connectivity index (χ0) is 13.1. The lowest BCUT2D eigenvalue weighted by atomic mass is 10.1. The van der Waals surface area contributed by atoms with Gasteiger partial charge in [-0.25, -0.2) is 9.18 Å². The Balaban J connectivity index is 2.10. The third-order valence-corrected chi connectivity index (χ3v) is 3.27. The van der Waals surface area contributed by atoms with E-state index in [2.05, 4.69) is 4.90 Å². The number of hydrogen-bond donors (Lipinski definition) is 1. The van der Waals surface area contributed by atoms with Crippen LogP contribution in [0, 0.1) is 5.82 Å². The zero-order valence-corrected chi connectivity index (χ0v) is 10.2. The number of carboxylic acids is 1. The average Bonchev–Trinajstić information content (AvgIpc) is 2.79. The molecule has 1 unspecified atom stereocenters. The van der Waals surface area contributed by atoms with Crippen LogP contribution in [0.5, 0.6) is 0 Å². The number of nitrogens with zero attached hydrogens (tertiary/aromatic N) is 1. The summed E-state index contributed by atoms with van der Waals surface area (Å²) < 4.78 is 19.2. The lowest BCUT2D eigenvalue weighted by Crippen LogP contribution is -2.23. The number of benzene rings is 1. The van der Waals surface area contributed by atoms with Crippen molar-refractivity contribution in [2.45, 2.75) is 19.1 Å². The number of likely N-dealkylation sites (tertiary alicyclic amines) is 1. The Bertz CT molecular complexity index is 450. The summed E-state index contributed by atoms with van der Waals surface area (Å²) in [6.07, 6.45) is 1.12. The summed E-state index contributed by atoms with van der Waals surface area (Å²) in [5.41, 5.74) is 0.154. The fourth-order valence-electron chi connectivity index (χ4n) is 2.24. The Morgan fingerprint density at radius 3 is 3.00 bits per heavy atom. The minimum atomic E-state index is -1.23. The summed E-state index contributed by atoms with van der Waals surface area (Å²) in [4.78, 5) is 12.9. The molecule has 0 bridgehead atoms.